The second kappa shape index (κ2) is 9.42. The number of phenolic OH excluding ortho intramolecular Hbond substituents is 1. The van der Waals surface area contributed by atoms with Crippen molar-refractivity contribution in [1.82, 2.24) is 9.97 Å². The molecule has 2 aromatic carbocycles. The molecule has 162 valence electrons. The largest absolute Gasteiger partial charge is 0.502 e. The van der Waals surface area contributed by atoms with Gasteiger partial charge >= 0.3 is 5.69 Å². The molecule has 2 heterocycles. The number of thioether (sulfide) groups is 1. The van der Waals surface area contributed by atoms with Crippen molar-refractivity contribution in [1.29, 1.82) is 0 Å². The molecule has 2 aromatic heterocycles. The number of amides is 1. The first kappa shape index (κ1) is 21.9. The fraction of sp³-hybridized carbons (Fsp3) is 0.100. The Morgan fingerprint density at radius 1 is 1.34 bits per heavy atom. The number of carbonyl (C=O) groups excluding carboxylic acids is 1. The second-order valence-corrected chi connectivity index (χ2v) is 9.99. The Hall–Kier alpha value is -3.35. The van der Waals surface area contributed by atoms with Gasteiger partial charge in [0.1, 0.15) is 0 Å². The van der Waals surface area contributed by atoms with Crippen molar-refractivity contribution < 1.29 is 14.8 Å². The molecule has 0 aliphatic carbocycles. The van der Waals surface area contributed by atoms with Crippen LogP contribution >= 0.6 is 34.4 Å². The van der Waals surface area contributed by atoms with E-state index in [1.807, 2.05) is 19.1 Å². The van der Waals surface area contributed by atoms with E-state index in [1.165, 1.54) is 52.8 Å². The standard InChI is InChI=1S/C20H15N5O4S3/c1-11(18(27)24-19-21-6-7-30-19)31-20-23-14-4-3-13(9-17(14)32-20)22-10-12-2-5-16(26)15(8-12)25(28)29/h2-11,26H,1H3,(H,21,24,27)/t11-/m0/s1. The van der Waals surface area contributed by atoms with Gasteiger partial charge in [-0.05, 0) is 42.8 Å². The number of hydrogen-bond donors (Lipinski definition) is 2. The number of phenols is 1. The van der Waals surface area contributed by atoms with Crippen molar-refractivity contribution in [2.45, 2.75) is 16.5 Å². The monoisotopic (exact) mass is 485 g/mol. The number of nitro benzene ring substituents is 1. The lowest BCUT2D eigenvalue weighted by Crippen LogP contribution is -2.22. The summed E-state index contributed by atoms with van der Waals surface area (Å²) in [6, 6.07) is 9.56. The molecule has 0 bridgehead atoms. The fourth-order valence-corrected chi connectivity index (χ4v) is 5.41. The van der Waals surface area contributed by atoms with Gasteiger partial charge in [0.15, 0.2) is 15.2 Å². The summed E-state index contributed by atoms with van der Waals surface area (Å²) in [5, 5.41) is 25.3. The minimum Gasteiger partial charge on any atom is -0.502 e. The van der Waals surface area contributed by atoms with E-state index in [0.717, 1.165) is 14.6 Å². The zero-order chi connectivity index (χ0) is 22.7. The molecule has 1 atom stereocenters. The van der Waals surface area contributed by atoms with Gasteiger partial charge in [-0.15, -0.1) is 22.7 Å². The lowest BCUT2D eigenvalue weighted by atomic mass is 10.2. The number of aromatic hydroxyl groups is 1. The van der Waals surface area contributed by atoms with Crippen LogP contribution in [0.1, 0.15) is 12.5 Å². The van der Waals surface area contributed by atoms with Crippen LogP contribution in [0.2, 0.25) is 0 Å². The number of hydrogen-bond acceptors (Lipinski definition) is 10. The first-order valence-corrected chi connectivity index (χ1v) is 11.8. The van der Waals surface area contributed by atoms with Crippen LogP contribution in [0.15, 0.2) is 57.3 Å². The summed E-state index contributed by atoms with van der Waals surface area (Å²) >= 11 is 4.19. The Bertz CT molecular complexity index is 1320. The Kier molecular flexibility index (Phi) is 6.44. The maximum atomic E-state index is 12.3. The van der Waals surface area contributed by atoms with E-state index in [9.17, 15) is 20.0 Å². The van der Waals surface area contributed by atoms with Gasteiger partial charge in [0.05, 0.1) is 26.1 Å². The molecule has 0 unspecified atom stereocenters. The summed E-state index contributed by atoms with van der Waals surface area (Å²) in [5.41, 5.74) is 1.57. The Labute approximate surface area is 194 Å². The molecule has 32 heavy (non-hydrogen) atoms. The number of rotatable bonds is 7. The van der Waals surface area contributed by atoms with Crippen LogP contribution in [0.3, 0.4) is 0 Å². The molecule has 12 heteroatoms. The number of fused-ring (bicyclic) bond motifs is 1. The zero-order valence-electron chi connectivity index (χ0n) is 16.5. The van der Waals surface area contributed by atoms with Gasteiger partial charge in [0, 0.05) is 23.9 Å². The minimum absolute atomic E-state index is 0.141. The second-order valence-electron chi connectivity index (χ2n) is 6.48. The molecule has 0 saturated carbocycles. The molecule has 0 radical (unpaired) electrons. The molecular weight excluding hydrogens is 470 g/mol. The summed E-state index contributed by atoms with van der Waals surface area (Å²) in [4.78, 5) is 35.6. The summed E-state index contributed by atoms with van der Waals surface area (Å²) in [7, 11) is 0. The number of nitrogens with one attached hydrogen (secondary N) is 1. The molecule has 0 fully saturated rings. The van der Waals surface area contributed by atoms with Gasteiger partial charge in [0.2, 0.25) is 5.91 Å². The normalized spacial score (nSPS) is 12.3. The van der Waals surface area contributed by atoms with Crippen molar-refractivity contribution in [2.24, 2.45) is 4.99 Å². The van der Waals surface area contributed by atoms with Crippen molar-refractivity contribution in [3.63, 3.8) is 0 Å². The maximum Gasteiger partial charge on any atom is 0.311 e. The number of nitrogens with zero attached hydrogens (tertiary/aromatic N) is 4. The average molecular weight is 486 g/mol. The van der Waals surface area contributed by atoms with E-state index in [0.29, 0.717) is 16.4 Å². The number of nitro groups is 1. The average Bonchev–Trinajstić information content (AvgIpc) is 3.41. The van der Waals surface area contributed by atoms with Gasteiger partial charge in [-0.1, -0.05) is 11.8 Å². The number of aliphatic imine (C=N–C) groups is 1. The molecule has 4 rings (SSSR count). The van der Waals surface area contributed by atoms with Gasteiger partial charge in [-0.2, -0.15) is 0 Å². The van der Waals surface area contributed by atoms with Crippen molar-refractivity contribution in [3.05, 3.63) is 63.7 Å². The van der Waals surface area contributed by atoms with Crippen LogP contribution in [-0.4, -0.2) is 37.4 Å². The third kappa shape index (κ3) is 5.10. The highest BCUT2D eigenvalue weighted by Crippen LogP contribution is 2.34. The predicted molar refractivity (Wildman–Crippen MR) is 128 cm³/mol. The van der Waals surface area contributed by atoms with Gasteiger partial charge in [-0.25, -0.2) is 9.97 Å². The van der Waals surface area contributed by atoms with Crippen molar-refractivity contribution in [2.75, 3.05) is 5.32 Å². The summed E-state index contributed by atoms with van der Waals surface area (Å²) < 4.78 is 1.67. The number of anilines is 1. The molecule has 1 amide bonds. The van der Waals surface area contributed by atoms with Gasteiger partial charge < -0.3 is 10.4 Å². The number of thiazole rings is 2. The van der Waals surface area contributed by atoms with E-state index in [-0.39, 0.29) is 16.8 Å². The van der Waals surface area contributed by atoms with Crippen LogP contribution in [-0.2, 0) is 4.79 Å². The van der Waals surface area contributed by atoms with Gasteiger partial charge in [0.25, 0.3) is 0 Å². The quantitative estimate of drug-likeness (QED) is 0.158. The molecule has 9 nitrogen and oxygen atoms in total. The van der Waals surface area contributed by atoms with Crippen LogP contribution in [0.4, 0.5) is 16.5 Å². The minimum atomic E-state index is -0.645. The highest BCUT2D eigenvalue weighted by atomic mass is 32.2. The molecule has 0 aliphatic rings. The van der Waals surface area contributed by atoms with E-state index in [4.69, 9.17) is 0 Å². The van der Waals surface area contributed by atoms with Crippen molar-refractivity contribution in [3.8, 4) is 5.75 Å². The molecule has 2 N–H and O–H groups in total. The van der Waals surface area contributed by atoms with E-state index < -0.39 is 10.7 Å². The first-order chi connectivity index (χ1) is 15.4. The number of aromatic nitrogens is 2. The Morgan fingerprint density at radius 2 is 2.19 bits per heavy atom. The zero-order valence-corrected chi connectivity index (χ0v) is 18.9. The summed E-state index contributed by atoms with van der Waals surface area (Å²) in [6.07, 6.45) is 3.13. The SMILES string of the molecule is C[C@H](Sc1nc2ccc(N=Cc3ccc(O)c([N+](=O)[O-])c3)cc2s1)C(=O)Nc1nccs1. The molecule has 0 spiro atoms. The Morgan fingerprint density at radius 3 is 2.94 bits per heavy atom. The third-order valence-electron chi connectivity index (χ3n) is 4.22. The first-order valence-electron chi connectivity index (χ1n) is 9.18. The van der Waals surface area contributed by atoms with Crippen LogP contribution in [0.25, 0.3) is 10.2 Å². The number of carbonyl (C=O) groups is 1. The molecule has 0 saturated heterocycles. The summed E-state index contributed by atoms with van der Waals surface area (Å²) in [6.45, 7) is 1.81. The highest BCUT2D eigenvalue weighted by molar-refractivity contribution is 8.02. The Balaban J connectivity index is 1.47. The smallest absolute Gasteiger partial charge is 0.311 e. The molecule has 4 aromatic rings. The predicted octanol–water partition coefficient (Wildman–Crippen LogP) is 5.24. The van der Waals surface area contributed by atoms with Gasteiger partial charge in [-0.3, -0.25) is 19.9 Å². The highest BCUT2D eigenvalue weighted by Gasteiger charge is 2.18. The lowest BCUT2D eigenvalue weighted by Gasteiger charge is -2.07. The molecule has 0 aliphatic heterocycles. The van der Waals surface area contributed by atoms with Crippen LogP contribution in [0, 0.1) is 10.1 Å². The topological polar surface area (TPSA) is 131 Å². The van der Waals surface area contributed by atoms with E-state index in [1.54, 1.807) is 23.7 Å². The molecular formula is C20H15N5O4S3. The maximum absolute atomic E-state index is 12.3. The third-order valence-corrected chi connectivity index (χ3v) is 7.12. The van der Waals surface area contributed by atoms with Crippen LogP contribution < -0.4 is 5.32 Å². The van der Waals surface area contributed by atoms with E-state index >= 15 is 0 Å². The number of benzene rings is 2. The lowest BCUT2D eigenvalue weighted by molar-refractivity contribution is -0.385. The van der Waals surface area contributed by atoms with E-state index in [2.05, 4.69) is 20.3 Å². The van der Waals surface area contributed by atoms with Crippen LogP contribution in [0.5, 0.6) is 5.75 Å². The van der Waals surface area contributed by atoms with Crippen molar-refractivity contribution >= 4 is 73.3 Å². The summed E-state index contributed by atoms with van der Waals surface area (Å²) in [5.74, 6) is -0.532. The fourth-order valence-electron chi connectivity index (χ4n) is 2.64.